The van der Waals surface area contributed by atoms with Gasteiger partial charge in [-0.25, -0.2) is 4.39 Å². The van der Waals surface area contributed by atoms with Gasteiger partial charge < -0.3 is 4.90 Å². The fraction of sp³-hybridized carbons (Fsp3) is 0.188. The average Bonchev–Trinajstić information content (AvgIpc) is 2.75. The third-order valence-electron chi connectivity index (χ3n) is 3.56. The monoisotopic (exact) mass is 254 g/mol. The second-order valence-corrected chi connectivity index (χ2v) is 4.77. The minimum absolute atomic E-state index is 0.161. The van der Waals surface area contributed by atoms with E-state index in [4.69, 9.17) is 5.41 Å². The van der Waals surface area contributed by atoms with Gasteiger partial charge in [-0.05, 0) is 23.6 Å². The first-order chi connectivity index (χ1) is 9.25. The van der Waals surface area contributed by atoms with Crippen LogP contribution in [0.3, 0.4) is 0 Å². The van der Waals surface area contributed by atoms with Crippen LogP contribution in [0.4, 0.5) is 4.39 Å². The van der Waals surface area contributed by atoms with Crippen molar-refractivity contribution in [3.8, 4) is 0 Å². The molecule has 0 saturated carbocycles. The SMILES string of the molecule is N=C1c2ccccc2CN1CCc1ccccc1F. The highest BCUT2D eigenvalue weighted by Gasteiger charge is 2.23. The first-order valence-electron chi connectivity index (χ1n) is 6.41. The maximum atomic E-state index is 13.6. The first-order valence-corrected chi connectivity index (χ1v) is 6.41. The maximum absolute atomic E-state index is 13.6. The Hall–Kier alpha value is -2.16. The Morgan fingerprint density at radius 2 is 1.79 bits per heavy atom. The number of nitrogens with one attached hydrogen (secondary N) is 1. The molecule has 19 heavy (non-hydrogen) atoms. The third kappa shape index (κ3) is 2.24. The van der Waals surface area contributed by atoms with Crippen LogP contribution in [0.2, 0.25) is 0 Å². The molecule has 0 aromatic heterocycles. The molecule has 2 nitrogen and oxygen atoms in total. The van der Waals surface area contributed by atoms with E-state index in [9.17, 15) is 4.39 Å². The highest BCUT2D eigenvalue weighted by Crippen LogP contribution is 2.22. The summed E-state index contributed by atoms with van der Waals surface area (Å²) in [5.74, 6) is 0.387. The zero-order valence-corrected chi connectivity index (χ0v) is 10.6. The molecule has 3 heteroatoms. The Morgan fingerprint density at radius 3 is 2.58 bits per heavy atom. The summed E-state index contributed by atoms with van der Waals surface area (Å²) in [5, 5.41) is 8.14. The standard InChI is InChI=1S/C16H15FN2/c17-15-8-4-2-5-12(15)9-10-19-11-13-6-1-3-7-14(13)16(19)18/h1-8,18H,9-11H2. The average molecular weight is 254 g/mol. The lowest BCUT2D eigenvalue weighted by Crippen LogP contribution is -2.26. The molecule has 2 aromatic carbocycles. The van der Waals surface area contributed by atoms with Crippen molar-refractivity contribution in [2.24, 2.45) is 0 Å². The first kappa shape index (κ1) is 11.9. The number of hydrogen-bond acceptors (Lipinski definition) is 1. The lowest BCUT2D eigenvalue weighted by atomic mass is 10.1. The van der Waals surface area contributed by atoms with Gasteiger partial charge in [-0.15, -0.1) is 0 Å². The van der Waals surface area contributed by atoms with E-state index < -0.39 is 0 Å². The van der Waals surface area contributed by atoms with E-state index in [1.54, 1.807) is 6.07 Å². The quantitative estimate of drug-likeness (QED) is 0.894. The van der Waals surface area contributed by atoms with Crippen LogP contribution in [0, 0.1) is 11.2 Å². The predicted molar refractivity (Wildman–Crippen MR) is 73.8 cm³/mol. The van der Waals surface area contributed by atoms with Gasteiger partial charge in [0.2, 0.25) is 0 Å². The summed E-state index contributed by atoms with van der Waals surface area (Å²) in [6.45, 7) is 1.43. The number of fused-ring (bicyclic) bond motifs is 1. The minimum atomic E-state index is -0.161. The van der Waals surface area contributed by atoms with Gasteiger partial charge in [-0.3, -0.25) is 5.41 Å². The summed E-state index contributed by atoms with van der Waals surface area (Å²) in [6.07, 6.45) is 0.628. The van der Waals surface area contributed by atoms with Gasteiger partial charge in [-0.1, -0.05) is 42.5 Å². The van der Waals surface area contributed by atoms with Gasteiger partial charge in [0.05, 0.1) is 0 Å². The van der Waals surface area contributed by atoms with Crippen molar-refractivity contribution in [3.63, 3.8) is 0 Å². The van der Waals surface area contributed by atoms with E-state index in [1.807, 2.05) is 41.3 Å². The van der Waals surface area contributed by atoms with Crippen LogP contribution in [0.5, 0.6) is 0 Å². The van der Waals surface area contributed by atoms with Crippen LogP contribution < -0.4 is 0 Å². The summed E-state index contributed by atoms with van der Waals surface area (Å²) in [4.78, 5) is 2.00. The van der Waals surface area contributed by atoms with Crippen LogP contribution >= 0.6 is 0 Å². The van der Waals surface area contributed by atoms with Crippen molar-refractivity contribution in [2.75, 3.05) is 6.54 Å². The van der Waals surface area contributed by atoms with E-state index in [0.717, 1.165) is 12.1 Å². The molecule has 1 heterocycles. The lowest BCUT2D eigenvalue weighted by Gasteiger charge is -2.17. The van der Waals surface area contributed by atoms with E-state index in [-0.39, 0.29) is 5.82 Å². The highest BCUT2D eigenvalue weighted by molar-refractivity contribution is 6.00. The lowest BCUT2D eigenvalue weighted by molar-refractivity contribution is 0.428. The number of amidine groups is 1. The topological polar surface area (TPSA) is 27.1 Å². The molecule has 0 unspecified atom stereocenters. The van der Waals surface area contributed by atoms with Crippen LogP contribution in [0.1, 0.15) is 16.7 Å². The molecule has 0 bridgehead atoms. The van der Waals surface area contributed by atoms with Gasteiger partial charge >= 0.3 is 0 Å². The second-order valence-electron chi connectivity index (χ2n) is 4.77. The smallest absolute Gasteiger partial charge is 0.128 e. The van der Waals surface area contributed by atoms with Gasteiger partial charge in [0, 0.05) is 18.7 Å². The van der Waals surface area contributed by atoms with Crippen molar-refractivity contribution < 1.29 is 4.39 Å². The molecule has 1 aliphatic heterocycles. The number of benzene rings is 2. The summed E-state index contributed by atoms with van der Waals surface area (Å²) in [7, 11) is 0. The van der Waals surface area contributed by atoms with Crippen LogP contribution in [0.15, 0.2) is 48.5 Å². The minimum Gasteiger partial charge on any atom is -0.352 e. The highest BCUT2D eigenvalue weighted by atomic mass is 19.1. The number of halogens is 1. The second kappa shape index (κ2) is 4.84. The van der Waals surface area contributed by atoms with Crippen molar-refractivity contribution in [2.45, 2.75) is 13.0 Å². The molecule has 0 radical (unpaired) electrons. The molecular weight excluding hydrogens is 239 g/mol. The van der Waals surface area contributed by atoms with E-state index in [0.29, 0.717) is 24.4 Å². The Bertz CT molecular complexity index is 622. The summed E-state index contributed by atoms with van der Waals surface area (Å²) < 4.78 is 13.6. The number of nitrogens with zero attached hydrogens (tertiary/aromatic N) is 1. The Kier molecular flexibility index (Phi) is 3.03. The molecule has 0 fully saturated rings. The van der Waals surface area contributed by atoms with Gasteiger partial charge in [0.25, 0.3) is 0 Å². The van der Waals surface area contributed by atoms with E-state index in [1.165, 1.54) is 11.6 Å². The Morgan fingerprint density at radius 1 is 1.05 bits per heavy atom. The fourth-order valence-corrected chi connectivity index (χ4v) is 2.49. The zero-order chi connectivity index (χ0) is 13.2. The zero-order valence-electron chi connectivity index (χ0n) is 10.6. The van der Waals surface area contributed by atoms with Gasteiger partial charge in [0.15, 0.2) is 0 Å². The molecule has 0 atom stereocenters. The Labute approximate surface area is 112 Å². The number of rotatable bonds is 3. The summed E-state index contributed by atoms with van der Waals surface area (Å²) >= 11 is 0. The van der Waals surface area contributed by atoms with Crippen molar-refractivity contribution >= 4 is 5.84 Å². The van der Waals surface area contributed by atoms with E-state index in [2.05, 4.69) is 0 Å². The summed E-state index contributed by atoms with van der Waals surface area (Å²) in [6, 6.07) is 14.8. The molecule has 2 aromatic rings. The molecule has 0 amide bonds. The molecule has 0 saturated heterocycles. The molecule has 1 aliphatic rings. The Balaban J connectivity index is 1.71. The van der Waals surface area contributed by atoms with Crippen molar-refractivity contribution in [3.05, 3.63) is 71.0 Å². The normalized spacial score (nSPS) is 13.7. The molecular formula is C16H15FN2. The molecule has 1 N–H and O–H groups in total. The maximum Gasteiger partial charge on any atom is 0.128 e. The molecule has 0 spiro atoms. The summed E-state index contributed by atoms with van der Waals surface area (Å²) in [5.41, 5.74) is 2.89. The van der Waals surface area contributed by atoms with Crippen molar-refractivity contribution in [1.29, 1.82) is 5.41 Å². The van der Waals surface area contributed by atoms with Crippen LogP contribution in [0.25, 0.3) is 0 Å². The fourth-order valence-electron chi connectivity index (χ4n) is 2.49. The van der Waals surface area contributed by atoms with E-state index >= 15 is 0 Å². The number of hydrogen-bond donors (Lipinski definition) is 1. The van der Waals surface area contributed by atoms with Crippen molar-refractivity contribution in [1.82, 2.24) is 4.90 Å². The van der Waals surface area contributed by atoms with Gasteiger partial charge in [-0.2, -0.15) is 0 Å². The van der Waals surface area contributed by atoms with Crippen LogP contribution in [-0.4, -0.2) is 17.3 Å². The molecule has 3 rings (SSSR count). The predicted octanol–water partition coefficient (Wildman–Crippen LogP) is 3.21. The third-order valence-corrected chi connectivity index (χ3v) is 3.56. The van der Waals surface area contributed by atoms with Crippen LogP contribution in [-0.2, 0) is 13.0 Å². The molecule has 96 valence electrons. The largest absolute Gasteiger partial charge is 0.352 e. The molecule has 0 aliphatic carbocycles. The van der Waals surface area contributed by atoms with Gasteiger partial charge in [0.1, 0.15) is 11.7 Å².